The summed E-state index contributed by atoms with van der Waals surface area (Å²) in [6, 6.07) is 8.79. The molecule has 0 spiro atoms. The number of amides is 2. The highest BCUT2D eigenvalue weighted by atomic mass is 35.5. The van der Waals surface area contributed by atoms with Crippen LogP contribution in [0.1, 0.15) is 16.1 Å². The first-order valence-corrected chi connectivity index (χ1v) is 7.91. The zero-order valence-corrected chi connectivity index (χ0v) is 14.0. The van der Waals surface area contributed by atoms with E-state index in [-0.39, 0.29) is 31.0 Å². The van der Waals surface area contributed by atoms with Crippen molar-refractivity contribution in [1.82, 2.24) is 15.6 Å². The van der Waals surface area contributed by atoms with Crippen molar-refractivity contribution in [2.75, 3.05) is 13.1 Å². The summed E-state index contributed by atoms with van der Waals surface area (Å²) in [7, 11) is 0. The highest BCUT2D eigenvalue weighted by Gasteiger charge is 2.11. The molecule has 1 atom stereocenters. The van der Waals surface area contributed by atoms with Gasteiger partial charge in [0.2, 0.25) is 5.91 Å². The van der Waals surface area contributed by atoms with Gasteiger partial charge in [0, 0.05) is 24.2 Å². The van der Waals surface area contributed by atoms with Crippen LogP contribution in [0.5, 0.6) is 0 Å². The second-order valence-electron chi connectivity index (χ2n) is 5.33. The van der Waals surface area contributed by atoms with Gasteiger partial charge in [-0.2, -0.15) is 0 Å². The zero-order chi connectivity index (χ0) is 18.2. The van der Waals surface area contributed by atoms with E-state index in [4.69, 9.17) is 11.6 Å². The van der Waals surface area contributed by atoms with Gasteiger partial charge in [-0.25, -0.2) is 4.39 Å². The fraction of sp³-hybridized carbons (Fsp3) is 0.235. The number of aliphatic hydroxyl groups excluding tert-OH is 1. The predicted molar refractivity (Wildman–Crippen MR) is 90.7 cm³/mol. The number of carbonyl (C=O) groups is 2. The Kier molecular flexibility index (Phi) is 6.85. The summed E-state index contributed by atoms with van der Waals surface area (Å²) in [6.07, 6.45) is 0.729. The highest BCUT2D eigenvalue weighted by Crippen LogP contribution is 2.08. The van der Waals surface area contributed by atoms with E-state index in [1.807, 2.05) is 0 Å². The largest absolute Gasteiger partial charge is 0.391 e. The molecule has 0 aliphatic carbocycles. The van der Waals surface area contributed by atoms with Gasteiger partial charge in [-0.05, 0) is 29.8 Å². The van der Waals surface area contributed by atoms with Crippen LogP contribution in [0.4, 0.5) is 4.39 Å². The molecule has 2 aromatic rings. The molecule has 2 rings (SSSR count). The molecule has 0 saturated carbocycles. The number of aromatic nitrogens is 1. The number of carbonyl (C=O) groups excluding carboxylic acids is 2. The summed E-state index contributed by atoms with van der Waals surface area (Å²) in [5.41, 5.74) is 0.730. The third-order valence-corrected chi connectivity index (χ3v) is 3.49. The van der Waals surface area contributed by atoms with Crippen molar-refractivity contribution in [1.29, 1.82) is 0 Å². The van der Waals surface area contributed by atoms with Gasteiger partial charge in [0.05, 0.1) is 12.6 Å². The Bertz CT molecular complexity index is 757. The van der Waals surface area contributed by atoms with Gasteiger partial charge in [0.1, 0.15) is 11.5 Å². The lowest BCUT2D eigenvalue weighted by atomic mass is 10.1. The van der Waals surface area contributed by atoms with Crippen molar-refractivity contribution in [2.24, 2.45) is 0 Å². The number of aliphatic hydroxyl groups is 1. The minimum absolute atomic E-state index is 0.0133. The first-order valence-electron chi connectivity index (χ1n) is 7.53. The van der Waals surface area contributed by atoms with Gasteiger partial charge >= 0.3 is 0 Å². The molecule has 1 aromatic heterocycles. The molecular weight excluding hydrogens is 349 g/mol. The second kappa shape index (κ2) is 9.10. The summed E-state index contributed by atoms with van der Waals surface area (Å²) < 4.78 is 13.1. The number of pyridine rings is 1. The Balaban J connectivity index is 1.72. The normalized spacial score (nSPS) is 11.6. The summed E-state index contributed by atoms with van der Waals surface area (Å²) >= 11 is 5.76. The zero-order valence-electron chi connectivity index (χ0n) is 13.2. The first kappa shape index (κ1) is 18.8. The number of nitrogens with one attached hydrogen (secondary N) is 2. The summed E-state index contributed by atoms with van der Waals surface area (Å²) in [5, 5.41) is 15.1. The third kappa shape index (κ3) is 6.48. The molecule has 1 aromatic carbocycles. The van der Waals surface area contributed by atoms with Crippen molar-refractivity contribution in [3.8, 4) is 0 Å². The predicted octanol–water partition coefficient (Wildman–Crippen LogP) is 1.32. The fourth-order valence-electron chi connectivity index (χ4n) is 2.08. The van der Waals surface area contributed by atoms with E-state index in [9.17, 15) is 19.1 Å². The lowest BCUT2D eigenvalue weighted by Gasteiger charge is -2.12. The van der Waals surface area contributed by atoms with E-state index in [1.165, 1.54) is 30.5 Å². The molecule has 1 heterocycles. The van der Waals surface area contributed by atoms with E-state index in [0.29, 0.717) is 10.6 Å². The molecule has 0 aliphatic rings. The molecule has 0 saturated heterocycles. The standard InChI is InChI=1S/C17H17ClFN3O3/c18-12-4-5-20-15(8-12)17(25)22-10-16(24)21-9-14(23)7-11-2-1-3-13(19)6-11/h1-6,8,14,23H,7,9-10H2,(H,21,24)(H,22,25). The third-order valence-electron chi connectivity index (χ3n) is 3.26. The Morgan fingerprint density at radius 3 is 2.76 bits per heavy atom. The van der Waals surface area contributed by atoms with Crippen molar-refractivity contribution >= 4 is 23.4 Å². The molecule has 1 unspecified atom stereocenters. The molecule has 0 radical (unpaired) electrons. The topological polar surface area (TPSA) is 91.3 Å². The van der Waals surface area contributed by atoms with Crippen molar-refractivity contribution < 1.29 is 19.1 Å². The van der Waals surface area contributed by atoms with Crippen molar-refractivity contribution in [2.45, 2.75) is 12.5 Å². The van der Waals surface area contributed by atoms with Gasteiger partial charge in [0.25, 0.3) is 5.91 Å². The SMILES string of the molecule is O=C(CNC(=O)c1cc(Cl)ccn1)NCC(O)Cc1cccc(F)c1. The van der Waals surface area contributed by atoms with Crippen LogP contribution in [-0.4, -0.2) is 41.1 Å². The van der Waals surface area contributed by atoms with Crippen molar-refractivity contribution in [3.63, 3.8) is 0 Å². The molecular formula is C17H17ClFN3O3. The minimum Gasteiger partial charge on any atom is -0.391 e. The molecule has 8 heteroatoms. The van der Waals surface area contributed by atoms with Gasteiger partial charge < -0.3 is 15.7 Å². The molecule has 2 amide bonds. The first-order chi connectivity index (χ1) is 11.9. The lowest BCUT2D eigenvalue weighted by molar-refractivity contribution is -0.120. The summed E-state index contributed by atoms with van der Waals surface area (Å²) in [4.78, 5) is 27.4. The smallest absolute Gasteiger partial charge is 0.270 e. The maximum absolute atomic E-state index is 13.1. The quantitative estimate of drug-likeness (QED) is 0.690. The lowest BCUT2D eigenvalue weighted by Crippen LogP contribution is -2.40. The van der Waals surface area contributed by atoms with Crippen molar-refractivity contribution in [3.05, 3.63) is 64.7 Å². The maximum atomic E-state index is 13.1. The van der Waals surface area contributed by atoms with Gasteiger partial charge in [-0.1, -0.05) is 23.7 Å². The van der Waals surface area contributed by atoms with Crippen LogP contribution >= 0.6 is 11.6 Å². The van der Waals surface area contributed by atoms with E-state index < -0.39 is 17.9 Å². The van der Waals surface area contributed by atoms with Gasteiger partial charge in [0.15, 0.2) is 0 Å². The maximum Gasteiger partial charge on any atom is 0.270 e. The van der Waals surface area contributed by atoms with E-state index >= 15 is 0 Å². The number of nitrogens with zero attached hydrogens (tertiary/aromatic N) is 1. The number of halogens is 2. The Morgan fingerprint density at radius 2 is 2.04 bits per heavy atom. The van der Waals surface area contributed by atoms with Crippen LogP contribution in [-0.2, 0) is 11.2 Å². The summed E-state index contributed by atoms with van der Waals surface area (Å²) in [5.74, 6) is -1.38. The summed E-state index contributed by atoms with van der Waals surface area (Å²) in [6.45, 7) is -0.277. The molecule has 25 heavy (non-hydrogen) atoms. The Morgan fingerprint density at radius 1 is 1.24 bits per heavy atom. The molecule has 6 nitrogen and oxygen atoms in total. The Hall–Kier alpha value is -2.51. The van der Waals surface area contributed by atoms with Crippen LogP contribution in [0.25, 0.3) is 0 Å². The molecule has 0 bridgehead atoms. The average Bonchev–Trinajstić information content (AvgIpc) is 2.58. The van der Waals surface area contributed by atoms with E-state index in [2.05, 4.69) is 15.6 Å². The van der Waals surface area contributed by atoms with E-state index in [1.54, 1.807) is 12.1 Å². The molecule has 3 N–H and O–H groups in total. The number of hydrogen-bond donors (Lipinski definition) is 3. The monoisotopic (exact) mass is 365 g/mol. The van der Waals surface area contributed by atoms with Gasteiger partial charge in [-0.3, -0.25) is 14.6 Å². The molecule has 0 fully saturated rings. The van der Waals surface area contributed by atoms with Gasteiger partial charge in [-0.15, -0.1) is 0 Å². The number of benzene rings is 1. The van der Waals surface area contributed by atoms with Crippen LogP contribution in [0.15, 0.2) is 42.6 Å². The Labute approximate surface area is 149 Å². The van der Waals surface area contributed by atoms with Crippen LogP contribution in [0, 0.1) is 5.82 Å². The fourth-order valence-corrected chi connectivity index (χ4v) is 2.24. The van der Waals surface area contributed by atoms with Crippen LogP contribution in [0.3, 0.4) is 0 Å². The molecule has 132 valence electrons. The van der Waals surface area contributed by atoms with E-state index in [0.717, 1.165) is 0 Å². The highest BCUT2D eigenvalue weighted by molar-refractivity contribution is 6.30. The van der Waals surface area contributed by atoms with Crippen LogP contribution < -0.4 is 10.6 Å². The number of hydrogen-bond acceptors (Lipinski definition) is 4. The minimum atomic E-state index is -0.865. The number of rotatable bonds is 7. The second-order valence-corrected chi connectivity index (χ2v) is 5.77. The average molecular weight is 366 g/mol. The van der Waals surface area contributed by atoms with Crippen LogP contribution in [0.2, 0.25) is 5.02 Å². The molecule has 0 aliphatic heterocycles.